The summed E-state index contributed by atoms with van der Waals surface area (Å²) in [4.78, 5) is 10.6. The third kappa shape index (κ3) is 4.56. The van der Waals surface area contributed by atoms with Crippen LogP contribution < -0.4 is 4.72 Å². The van der Waals surface area contributed by atoms with E-state index < -0.39 is 16.0 Å². The minimum absolute atomic E-state index is 0.00863. The van der Waals surface area contributed by atoms with Crippen LogP contribution in [-0.4, -0.2) is 19.5 Å². The second-order valence-corrected chi connectivity index (χ2v) is 6.52. The van der Waals surface area contributed by atoms with Gasteiger partial charge in [-0.15, -0.1) is 0 Å². The Morgan fingerprint density at radius 3 is 2.48 bits per heavy atom. The van der Waals surface area contributed by atoms with Crippen LogP contribution in [0.25, 0.3) is 0 Å². The van der Waals surface area contributed by atoms with Gasteiger partial charge in [-0.2, -0.15) is 5.26 Å². The highest BCUT2D eigenvalue weighted by atomic mass is 32.2. The fraction of sp³-hybridized carbons (Fsp3) is 0.125. The molecule has 0 bridgehead atoms. The molecule has 0 heterocycles. The molecule has 2 aromatic carbocycles. The number of benzene rings is 2. The van der Waals surface area contributed by atoms with Gasteiger partial charge in [0.05, 0.1) is 22.2 Å². The summed E-state index contributed by atoms with van der Waals surface area (Å²) in [5, 5.41) is 17.5. The SMILES string of the molecule is N#Cc1cccc(NS(=O)(=O)c2ccc(CCC(=O)O)cc2)c1. The maximum atomic E-state index is 12.3. The van der Waals surface area contributed by atoms with Gasteiger partial charge in [0.2, 0.25) is 0 Å². The number of sulfonamides is 1. The van der Waals surface area contributed by atoms with Gasteiger partial charge in [-0.1, -0.05) is 18.2 Å². The normalized spacial score (nSPS) is 10.7. The lowest BCUT2D eigenvalue weighted by atomic mass is 10.1. The van der Waals surface area contributed by atoms with Crippen LogP contribution in [0.3, 0.4) is 0 Å². The first-order valence-electron chi connectivity index (χ1n) is 6.74. The summed E-state index contributed by atoms with van der Waals surface area (Å²) in [6.45, 7) is 0. The third-order valence-corrected chi connectivity index (χ3v) is 4.50. The van der Waals surface area contributed by atoms with Crippen molar-refractivity contribution in [3.8, 4) is 6.07 Å². The maximum absolute atomic E-state index is 12.3. The molecule has 0 atom stereocenters. The lowest BCUT2D eigenvalue weighted by Crippen LogP contribution is -2.13. The number of hydrogen-bond donors (Lipinski definition) is 2. The van der Waals surface area contributed by atoms with Crippen LogP contribution in [0.5, 0.6) is 0 Å². The number of aliphatic carboxylic acids is 1. The fourth-order valence-corrected chi connectivity index (χ4v) is 3.00. The zero-order valence-corrected chi connectivity index (χ0v) is 12.9. The topological polar surface area (TPSA) is 107 Å². The highest BCUT2D eigenvalue weighted by Crippen LogP contribution is 2.18. The molecule has 0 aliphatic carbocycles. The summed E-state index contributed by atoms with van der Waals surface area (Å²) in [5.41, 5.74) is 1.41. The van der Waals surface area contributed by atoms with Gasteiger partial charge in [0.25, 0.3) is 10.0 Å². The van der Waals surface area contributed by atoms with Crippen molar-refractivity contribution >= 4 is 21.7 Å². The van der Waals surface area contributed by atoms with E-state index in [9.17, 15) is 13.2 Å². The first-order chi connectivity index (χ1) is 10.9. The Kier molecular flexibility index (Phi) is 4.98. The Morgan fingerprint density at radius 2 is 1.87 bits per heavy atom. The van der Waals surface area contributed by atoms with Crippen molar-refractivity contribution in [3.63, 3.8) is 0 Å². The van der Waals surface area contributed by atoms with Gasteiger partial charge in [0.15, 0.2) is 0 Å². The average molecular weight is 330 g/mol. The second-order valence-electron chi connectivity index (χ2n) is 4.84. The summed E-state index contributed by atoms with van der Waals surface area (Å²) in [7, 11) is -3.76. The van der Waals surface area contributed by atoms with Crippen molar-refractivity contribution in [2.75, 3.05) is 4.72 Å². The number of nitrogens with one attached hydrogen (secondary N) is 1. The molecule has 0 aliphatic rings. The predicted molar refractivity (Wildman–Crippen MR) is 84.4 cm³/mol. The molecule has 2 rings (SSSR count). The Bertz CT molecular complexity index is 852. The highest BCUT2D eigenvalue weighted by Gasteiger charge is 2.14. The van der Waals surface area contributed by atoms with Gasteiger partial charge in [-0.05, 0) is 42.3 Å². The number of aryl methyl sites for hydroxylation is 1. The molecule has 23 heavy (non-hydrogen) atoms. The number of rotatable bonds is 6. The lowest BCUT2D eigenvalue weighted by Gasteiger charge is -2.09. The summed E-state index contributed by atoms with van der Waals surface area (Å²) in [6, 6.07) is 14.1. The Balaban J connectivity index is 2.16. The van der Waals surface area contributed by atoms with Crippen LogP contribution in [0, 0.1) is 11.3 Å². The molecule has 0 aliphatic heterocycles. The molecule has 0 amide bonds. The second kappa shape index (κ2) is 6.94. The molecule has 0 saturated heterocycles. The molecule has 2 N–H and O–H groups in total. The molecular formula is C16H14N2O4S. The summed E-state index contributed by atoms with van der Waals surface area (Å²) in [5.74, 6) is -0.902. The Hall–Kier alpha value is -2.85. The zero-order valence-electron chi connectivity index (χ0n) is 12.1. The zero-order chi connectivity index (χ0) is 16.9. The minimum atomic E-state index is -3.76. The van der Waals surface area contributed by atoms with Crippen LogP contribution in [0.15, 0.2) is 53.4 Å². The van der Waals surface area contributed by atoms with E-state index in [1.54, 1.807) is 30.3 Å². The minimum Gasteiger partial charge on any atom is -0.481 e. The molecular weight excluding hydrogens is 316 g/mol. The van der Waals surface area contributed by atoms with E-state index in [-0.39, 0.29) is 11.3 Å². The molecule has 0 saturated carbocycles. The third-order valence-electron chi connectivity index (χ3n) is 3.11. The van der Waals surface area contributed by atoms with Crippen molar-refractivity contribution in [3.05, 3.63) is 59.7 Å². The van der Waals surface area contributed by atoms with Crippen molar-refractivity contribution in [2.45, 2.75) is 17.7 Å². The monoisotopic (exact) mass is 330 g/mol. The van der Waals surface area contributed by atoms with Crippen molar-refractivity contribution < 1.29 is 18.3 Å². The number of carboxylic acids is 1. The van der Waals surface area contributed by atoms with Crippen LogP contribution in [0.4, 0.5) is 5.69 Å². The van der Waals surface area contributed by atoms with Crippen LogP contribution >= 0.6 is 0 Å². The average Bonchev–Trinajstić information content (AvgIpc) is 2.53. The van der Waals surface area contributed by atoms with Gasteiger partial charge >= 0.3 is 5.97 Å². The van der Waals surface area contributed by atoms with Crippen LogP contribution in [0.1, 0.15) is 17.5 Å². The van der Waals surface area contributed by atoms with E-state index in [4.69, 9.17) is 10.4 Å². The highest BCUT2D eigenvalue weighted by molar-refractivity contribution is 7.92. The van der Waals surface area contributed by atoms with E-state index in [0.29, 0.717) is 17.7 Å². The smallest absolute Gasteiger partial charge is 0.303 e. The standard InChI is InChI=1S/C16H14N2O4S/c17-11-13-2-1-3-14(10-13)18-23(21,22)15-7-4-12(5-8-15)6-9-16(19)20/h1-5,7-8,10,18H,6,9H2,(H,19,20). The lowest BCUT2D eigenvalue weighted by molar-refractivity contribution is -0.136. The molecule has 0 unspecified atom stereocenters. The molecule has 2 aromatic rings. The van der Waals surface area contributed by atoms with Gasteiger partial charge in [-0.25, -0.2) is 8.42 Å². The molecule has 0 radical (unpaired) electrons. The van der Waals surface area contributed by atoms with Gasteiger partial charge < -0.3 is 5.11 Å². The van der Waals surface area contributed by atoms with Crippen LogP contribution in [-0.2, 0) is 21.2 Å². The number of hydrogen-bond acceptors (Lipinski definition) is 4. The van der Waals surface area contributed by atoms with Crippen LogP contribution in [0.2, 0.25) is 0 Å². The predicted octanol–water partition coefficient (Wildman–Crippen LogP) is 2.38. The number of nitrogens with zero attached hydrogens (tertiary/aromatic N) is 1. The quantitative estimate of drug-likeness (QED) is 0.845. The first-order valence-corrected chi connectivity index (χ1v) is 8.23. The Labute approximate surface area is 134 Å². The molecule has 0 aromatic heterocycles. The first kappa shape index (κ1) is 16.5. The summed E-state index contributed by atoms with van der Waals surface area (Å²) < 4.78 is 27.0. The van der Waals surface area contributed by atoms with Crippen molar-refractivity contribution in [1.82, 2.24) is 0 Å². The van der Waals surface area contributed by atoms with Gasteiger partial charge in [0, 0.05) is 6.42 Å². The number of nitriles is 1. The van der Waals surface area contributed by atoms with E-state index in [1.165, 1.54) is 18.2 Å². The van der Waals surface area contributed by atoms with E-state index >= 15 is 0 Å². The summed E-state index contributed by atoms with van der Waals surface area (Å²) in [6.07, 6.45) is 0.332. The van der Waals surface area contributed by atoms with E-state index in [0.717, 1.165) is 5.56 Å². The largest absolute Gasteiger partial charge is 0.481 e. The molecule has 0 fully saturated rings. The molecule has 118 valence electrons. The summed E-state index contributed by atoms with van der Waals surface area (Å²) >= 11 is 0. The van der Waals surface area contributed by atoms with E-state index in [2.05, 4.69) is 4.72 Å². The van der Waals surface area contributed by atoms with Crippen molar-refractivity contribution in [1.29, 1.82) is 5.26 Å². The maximum Gasteiger partial charge on any atom is 0.303 e. The fourth-order valence-electron chi connectivity index (χ4n) is 1.95. The van der Waals surface area contributed by atoms with Gasteiger partial charge in [0.1, 0.15) is 0 Å². The van der Waals surface area contributed by atoms with E-state index in [1.807, 2.05) is 6.07 Å². The van der Waals surface area contributed by atoms with Crippen molar-refractivity contribution in [2.24, 2.45) is 0 Å². The molecule has 6 nitrogen and oxygen atoms in total. The Morgan fingerprint density at radius 1 is 1.17 bits per heavy atom. The molecule has 7 heteroatoms. The number of carbonyl (C=O) groups is 1. The number of anilines is 1. The number of carboxylic acid groups (broad SMARTS) is 1. The molecule has 0 spiro atoms. The van der Waals surface area contributed by atoms with Gasteiger partial charge in [-0.3, -0.25) is 9.52 Å².